The lowest BCUT2D eigenvalue weighted by Crippen LogP contribution is -2.47. The minimum atomic E-state index is -0.656. The summed E-state index contributed by atoms with van der Waals surface area (Å²) < 4.78 is 52.8. The molecule has 0 bridgehead atoms. The van der Waals surface area contributed by atoms with E-state index in [0.29, 0.717) is 46.8 Å². The first-order valence-electron chi connectivity index (χ1n) is 12.3. The number of esters is 1. The predicted molar refractivity (Wildman–Crippen MR) is 133 cm³/mol. The van der Waals surface area contributed by atoms with Crippen LogP contribution in [0.4, 0.5) is 0 Å². The van der Waals surface area contributed by atoms with Gasteiger partial charge in [0.15, 0.2) is 19.7 Å². The molecule has 0 amide bonds. The quantitative estimate of drug-likeness (QED) is 0.296. The molecule has 0 N–H and O–H groups in total. The lowest BCUT2D eigenvalue weighted by atomic mass is 9.74. The lowest BCUT2D eigenvalue weighted by molar-refractivity contribution is -0.143. The van der Waals surface area contributed by atoms with Crippen LogP contribution >= 0.6 is 0 Å². The van der Waals surface area contributed by atoms with E-state index in [2.05, 4.69) is 13.8 Å². The van der Waals surface area contributed by atoms with Crippen molar-refractivity contribution in [2.75, 3.05) is 48.1 Å². The Kier molecular flexibility index (Phi) is 7.25. The molecule has 0 spiro atoms. The summed E-state index contributed by atoms with van der Waals surface area (Å²) in [6.45, 7) is 7.19. The van der Waals surface area contributed by atoms with Gasteiger partial charge in [-0.25, -0.2) is 0 Å². The van der Waals surface area contributed by atoms with Crippen molar-refractivity contribution in [1.29, 1.82) is 0 Å². The van der Waals surface area contributed by atoms with E-state index in [4.69, 9.17) is 42.5 Å². The summed E-state index contributed by atoms with van der Waals surface area (Å²) in [7, 11) is 4.11. The number of benzene rings is 2. The third kappa shape index (κ3) is 4.75. The van der Waals surface area contributed by atoms with Crippen LogP contribution in [-0.4, -0.2) is 67.3 Å². The highest BCUT2D eigenvalue weighted by atomic mass is 16.7. The molecule has 2 fully saturated rings. The number of carbonyl (C=O) groups excluding carboxylic acids is 1. The first kappa shape index (κ1) is 26.1. The lowest BCUT2D eigenvalue weighted by Gasteiger charge is -2.35. The first-order valence-corrected chi connectivity index (χ1v) is 12.3. The standard InChI is InChI=1S/C26H33BO10/c1-14-20-22(24-18(36-14)9-19(28)37-24)25(33-13-30-5)21-16(23(20)32-12-29-4)7-15(8-17(21)31-6)27-34-10-26(2,3)11-35-27/h7-8,14,18,24H,9-13H2,1-6H3/t14-,18-,24+/m0/s1. The molecule has 2 saturated heterocycles. The Bertz CT molecular complexity index is 1170. The maximum Gasteiger partial charge on any atom is 0.494 e. The zero-order chi connectivity index (χ0) is 26.3. The molecule has 3 heterocycles. The summed E-state index contributed by atoms with van der Waals surface area (Å²) in [6, 6.07) is 3.82. The van der Waals surface area contributed by atoms with Gasteiger partial charge in [-0.15, -0.1) is 0 Å². The van der Waals surface area contributed by atoms with E-state index in [-0.39, 0.29) is 31.4 Å². The van der Waals surface area contributed by atoms with Crippen LogP contribution in [0.1, 0.15) is 50.5 Å². The number of carbonyl (C=O) groups is 1. The van der Waals surface area contributed by atoms with Gasteiger partial charge in [0.1, 0.15) is 23.4 Å². The van der Waals surface area contributed by atoms with Gasteiger partial charge in [-0.1, -0.05) is 19.9 Å². The van der Waals surface area contributed by atoms with E-state index < -0.39 is 25.4 Å². The molecule has 0 aliphatic carbocycles. The van der Waals surface area contributed by atoms with Crippen LogP contribution in [0.5, 0.6) is 17.2 Å². The molecule has 3 aliphatic rings. The zero-order valence-electron chi connectivity index (χ0n) is 22.1. The third-order valence-corrected chi connectivity index (χ3v) is 6.79. The number of fused-ring (bicyclic) bond motifs is 4. The second-order valence-electron chi connectivity index (χ2n) is 10.3. The average molecular weight is 516 g/mol. The highest BCUT2D eigenvalue weighted by molar-refractivity contribution is 6.62. The van der Waals surface area contributed by atoms with Crippen LogP contribution in [-0.2, 0) is 33.1 Å². The number of rotatable bonds is 8. The van der Waals surface area contributed by atoms with E-state index in [1.165, 1.54) is 0 Å². The highest BCUT2D eigenvalue weighted by Gasteiger charge is 2.47. The average Bonchev–Trinajstić information content (AvgIpc) is 3.24. The molecule has 2 aromatic rings. The second kappa shape index (κ2) is 10.3. The minimum absolute atomic E-state index is 0.00240. The monoisotopic (exact) mass is 516 g/mol. The largest absolute Gasteiger partial charge is 0.496 e. The van der Waals surface area contributed by atoms with E-state index in [9.17, 15) is 4.79 Å². The van der Waals surface area contributed by atoms with E-state index in [0.717, 1.165) is 11.0 Å². The van der Waals surface area contributed by atoms with Crippen molar-refractivity contribution in [3.8, 4) is 17.2 Å². The molecule has 37 heavy (non-hydrogen) atoms. The van der Waals surface area contributed by atoms with Crippen LogP contribution in [0.25, 0.3) is 10.8 Å². The molecule has 0 radical (unpaired) electrons. The fourth-order valence-electron chi connectivity index (χ4n) is 5.21. The molecule has 2 aromatic carbocycles. The number of hydrogen-bond acceptors (Lipinski definition) is 10. The van der Waals surface area contributed by atoms with Gasteiger partial charge < -0.3 is 42.5 Å². The number of ether oxygens (including phenoxy) is 7. The second-order valence-corrected chi connectivity index (χ2v) is 10.3. The Hall–Kier alpha value is -2.57. The van der Waals surface area contributed by atoms with Crippen molar-refractivity contribution >= 4 is 29.3 Å². The maximum absolute atomic E-state index is 12.3. The van der Waals surface area contributed by atoms with Crippen molar-refractivity contribution < 1.29 is 47.3 Å². The minimum Gasteiger partial charge on any atom is -0.496 e. The van der Waals surface area contributed by atoms with Gasteiger partial charge in [-0.3, -0.25) is 4.79 Å². The molecule has 0 saturated carbocycles. The SMILES string of the molecule is COCOc1c2c(c(OCOC)c3c(OC)cc(B4OCC(C)(C)CO4)cc13)[C@@H]1OC(=O)C[C@@H]1O[C@H]2C. The van der Waals surface area contributed by atoms with Crippen LogP contribution in [0, 0.1) is 5.41 Å². The fraction of sp³-hybridized carbons (Fsp3) is 0.577. The van der Waals surface area contributed by atoms with Crippen LogP contribution in [0.3, 0.4) is 0 Å². The van der Waals surface area contributed by atoms with Gasteiger partial charge >= 0.3 is 13.1 Å². The molecular weight excluding hydrogens is 483 g/mol. The summed E-state index contributed by atoms with van der Waals surface area (Å²) in [5.41, 5.74) is 2.10. The molecule has 10 nitrogen and oxygen atoms in total. The van der Waals surface area contributed by atoms with Gasteiger partial charge in [-0.05, 0) is 18.5 Å². The Morgan fingerprint density at radius 3 is 2.32 bits per heavy atom. The van der Waals surface area contributed by atoms with Crippen LogP contribution in [0.2, 0.25) is 0 Å². The highest BCUT2D eigenvalue weighted by Crippen LogP contribution is 2.55. The smallest absolute Gasteiger partial charge is 0.494 e. The normalized spacial score (nSPS) is 24.4. The van der Waals surface area contributed by atoms with Crippen molar-refractivity contribution in [3.05, 3.63) is 23.3 Å². The molecule has 3 aliphatic heterocycles. The summed E-state index contributed by atoms with van der Waals surface area (Å²) >= 11 is 0. The molecule has 0 aromatic heterocycles. The molecule has 5 rings (SSSR count). The third-order valence-electron chi connectivity index (χ3n) is 6.79. The van der Waals surface area contributed by atoms with Crippen molar-refractivity contribution in [1.82, 2.24) is 0 Å². The summed E-state index contributed by atoms with van der Waals surface area (Å²) in [5, 5.41) is 1.35. The Balaban J connectivity index is 1.77. The Morgan fingerprint density at radius 2 is 1.68 bits per heavy atom. The van der Waals surface area contributed by atoms with Crippen molar-refractivity contribution in [2.45, 2.75) is 45.5 Å². The van der Waals surface area contributed by atoms with E-state index in [1.807, 2.05) is 19.1 Å². The molecule has 3 atom stereocenters. The summed E-state index contributed by atoms with van der Waals surface area (Å²) in [6.07, 6.45) is -1.35. The van der Waals surface area contributed by atoms with Gasteiger partial charge in [0.2, 0.25) is 0 Å². The van der Waals surface area contributed by atoms with E-state index >= 15 is 0 Å². The van der Waals surface area contributed by atoms with Gasteiger partial charge in [0.25, 0.3) is 0 Å². The molecule has 0 unspecified atom stereocenters. The maximum atomic E-state index is 12.3. The van der Waals surface area contributed by atoms with Crippen LogP contribution < -0.4 is 19.7 Å². The summed E-state index contributed by atoms with van der Waals surface area (Å²) in [5.74, 6) is 1.22. The molecule has 200 valence electrons. The molecule has 11 heteroatoms. The van der Waals surface area contributed by atoms with Gasteiger partial charge in [0, 0.05) is 49.4 Å². The zero-order valence-corrected chi connectivity index (χ0v) is 22.1. The topological polar surface area (TPSA) is 100 Å². The van der Waals surface area contributed by atoms with Gasteiger partial charge in [0.05, 0.1) is 25.0 Å². The number of methoxy groups -OCH3 is 3. The van der Waals surface area contributed by atoms with Crippen molar-refractivity contribution in [3.63, 3.8) is 0 Å². The molecular formula is C26H33BO10. The Labute approximate surface area is 216 Å². The summed E-state index contributed by atoms with van der Waals surface area (Å²) in [4.78, 5) is 12.3. The van der Waals surface area contributed by atoms with Crippen molar-refractivity contribution in [2.24, 2.45) is 5.41 Å². The predicted octanol–water partition coefficient (Wildman–Crippen LogP) is 3.03. The number of hydrogen-bond donors (Lipinski definition) is 0. The van der Waals surface area contributed by atoms with E-state index in [1.54, 1.807) is 21.3 Å². The van der Waals surface area contributed by atoms with Gasteiger partial charge in [-0.2, -0.15) is 0 Å². The first-order chi connectivity index (χ1) is 17.8. The fourth-order valence-corrected chi connectivity index (χ4v) is 5.21. The van der Waals surface area contributed by atoms with Crippen LogP contribution in [0.15, 0.2) is 12.1 Å². The Morgan fingerprint density at radius 1 is 1.00 bits per heavy atom.